The molecule has 3 rings (SSSR count). The Labute approximate surface area is 168 Å². The van der Waals surface area contributed by atoms with E-state index >= 15 is 0 Å². The molecule has 0 spiro atoms. The Bertz CT molecular complexity index is 709. The number of carboxylic acid groups (broad SMARTS) is 1. The van der Waals surface area contributed by atoms with Crippen LogP contribution in [0.3, 0.4) is 0 Å². The van der Waals surface area contributed by atoms with Gasteiger partial charge in [0, 0.05) is 0 Å². The monoisotopic (exact) mass is 389 g/mol. The summed E-state index contributed by atoms with van der Waals surface area (Å²) in [6.07, 6.45) is 10.7. The Morgan fingerprint density at radius 3 is 2.61 bits per heavy atom. The summed E-state index contributed by atoms with van der Waals surface area (Å²) in [5.74, 6) is -0.196. The minimum Gasteiger partial charge on any atom is -0.480 e. The van der Waals surface area contributed by atoms with Crippen LogP contribution in [0, 0.1) is 28.6 Å². The van der Waals surface area contributed by atoms with E-state index in [1.54, 1.807) is 0 Å². The molecular weight excluding hydrogens is 354 g/mol. The molecule has 3 N–H and O–H groups in total. The third-order valence-corrected chi connectivity index (χ3v) is 7.88. The van der Waals surface area contributed by atoms with Crippen molar-refractivity contribution in [1.82, 2.24) is 5.32 Å². The molecule has 0 saturated heterocycles. The van der Waals surface area contributed by atoms with Crippen molar-refractivity contribution in [2.45, 2.75) is 72.3 Å². The van der Waals surface area contributed by atoms with Gasteiger partial charge >= 0.3 is 5.97 Å². The van der Waals surface area contributed by atoms with Crippen molar-refractivity contribution in [1.29, 1.82) is 0 Å². The maximum absolute atomic E-state index is 13.2. The van der Waals surface area contributed by atoms with Crippen LogP contribution >= 0.6 is 0 Å². The molecule has 0 radical (unpaired) electrons. The second-order valence-corrected chi connectivity index (χ2v) is 9.78. The Balaban J connectivity index is 1.90. The second kappa shape index (κ2) is 7.66. The standard InChI is InChI=1S/C23H35NO4/c1-14(2)15-6-8-17-16(12-15)7-9-19-22(17,3)10-5-11-23(19,4)21(28)24-18(13-25)20(26)27/h7,12,14,17-19,25H,5-6,8-11,13H2,1-4H3,(H,24,28)(H,26,27)/t17-,18-,19+,22+,23+/m0/s1. The van der Waals surface area contributed by atoms with Gasteiger partial charge in [-0.15, -0.1) is 0 Å². The number of amides is 1. The van der Waals surface area contributed by atoms with E-state index in [4.69, 9.17) is 0 Å². The highest BCUT2D eigenvalue weighted by Gasteiger charge is 2.57. The van der Waals surface area contributed by atoms with Gasteiger partial charge in [0.25, 0.3) is 0 Å². The third kappa shape index (κ3) is 3.42. The molecule has 0 aromatic heterocycles. The maximum atomic E-state index is 13.2. The Morgan fingerprint density at radius 2 is 2.00 bits per heavy atom. The summed E-state index contributed by atoms with van der Waals surface area (Å²) >= 11 is 0. The number of allylic oxidation sites excluding steroid dienone is 4. The van der Waals surface area contributed by atoms with Gasteiger partial charge in [-0.1, -0.05) is 51.8 Å². The number of nitrogens with one attached hydrogen (secondary N) is 1. The van der Waals surface area contributed by atoms with E-state index in [1.165, 1.54) is 11.1 Å². The van der Waals surface area contributed by atoms with E-state index in [0.717, 1.165) is 38.5 Å². The fourth-order valence-corrected chi connectivity index (χ4v) is 6.12. The zero-order valence-electron chi connectivity index (χ0n) is 17.6. The van der Waals surface area contributed by atoms with Gasteiger partial charge in [0.15, 0.2) is 0 Å². The van der Waals surface area contributed by atoms with Crippen LogP contribution in [0.4, 0.5) is 0 Å². The van der Waals surface area contributed by atoms with Crippen LogP contribution in [-0.2, 0) is 9.59 Å². The lowest BCUT2D eigenvalue weighted by molar-refractivity contribution is -0.151. The summed E-state index contributed by atoms with van der Waals surface area (Å²) in [5, 5.41) is 21.1. The predicted octanol–water partition coefficient (Wildman–Crippen LogP) is 3.68. The van der Waals surface area contributed by atoms with E-state index < -0.39 is 24.0 Å². The van der Waals surface area contributed by atoms with Gasteiger partial charge in [-0.2, -0.15) is 0 Å². The molecule has 5 atom stereocenters. The van der Waals surface area contributed by atoms with Gasteiger partial charge in [-0.25, -0.2) is 4.79 Å². The highest BCUT2D eigenvalue weighted by Crippen LogP contribution is 2.62. The number of hydrogen-bond acceptors (Lipinski definition) is 3. The summed E-state index contributed by atoms with van der Waals surface area (Å²) in [4.78, 5) is 24.5. The lowest BCUT2D eigenvalue weighted by atomic mass is 9.46. The molecular formula is C23H35NO4. The molecule has 28 heavy (non-hydrogen) atoms. The average molecular weight is 390 g/mol. The van der Waals surface area contributed by atoms with Gasteiger partial charge in [-0.05, 0) is 60.8 Å². The van der Waals surface area contributed by atoms with Crippen LogP contribution in [0.25, 0.3) is 0 Å². The predicted molar refractivity (Wildman–Crippen MR) is 109 cm³/mol. The first-order chi connectivity index (χ1) is 13.1. The molecule has 0 aromatic carbocycles. The summed E-state index contributed by atoms with van der Waals surface area (Å²) in [6.45, 7) is 8.26. The molecule has 0 bridgehead atoms. The van der Waals surface area contributed by atoms with E-state index in [-0.39, 0.29) is 17.2 Å². The Kier molecular flexibility index (Phi) is 5.77. The van der Waals surface area contributed by atoms with Gasteiger partial charge in [0.1, 0.15) is 6.04 Å². The fourth-order valence-electron chi connectivity index (χ4n) is 6.12. The summed E-state index contributed by atoms with van der Waals surface area (Å²) in [7, 11) is 0. The van der Waals surface area contributed by atoms with Gasteiger partial charge in [0.05, 0.1) is 12.0 Å². The smallest absolute Gasteiger partial charge is 0.328 e. The number of aliphatic hydroxyl groups excluding tert-OH is 1. The molecule has 5 heteroatoms. The van der Waals surface area contributed by atoms with Crippen molar-refractivity contribution < 1.29 is 19.8 Å². The summed E-state index contributed by atoms with van der Waals surface area (Å²) in [5.41, 5.74) is 2.40. The first-order valence-electron chi connectivity index (χ1n) is 10.7. The van der Waals surface area contributed by atoms with Crippen molar-refractivity contribution in [2.75, 3.05) is 6.61 Å². The fraction of sp³-hybridized carbons (Fsp3) is 0.739. The van der Waals surface area contributed by atoms with E-state index in [0.29, 0.717) is 11.8 Å². The van der Waals surface area contributed by atoms with Gasteiger partial charge < -0.3 is 15.5 Å². The van der Waals surface area contributed by atoms with Gasteiger partial charge in [-0.3, -0.25) is 4.79 Å². The third-order valence-electron chi connectivity index (χ3n) is 7.88. The highest BCUT2D eigenvalue weighted by molar-refractivity contribution is 5.87. The summed E-state index contributed by atoms with van der Waals surface area (Å²) < 4.78 is 0. The molecule has 0 unspecified atom stereocenters. The Hall–Kier alpha value is -1.62. The molecule has 1 saturated carbocycles. The Morgan fingerprint density at radius 1 is 1.29 bits per heavy atom. The van der Waals surface area contributed by atoms with Crippen molar-refractivity contribution in [3.63, 3.8) is 0 Å². The minimum absolute atomic E-state index is 0.0470. The summed E-state index contributed by atoms with van der Waals surface area (Å²) in [6, 6.07) is -1.24. The quantitative estimate of drug-likeness (QED) is 0.669. The number of hydrogen-bond donors (Lipinski definition) is 3. The molecule has 156 valence electrons. The van der Waals surface area contributed by atoms with Crippen LogP contribution in [-0.4, -0.2) is 34.7 Å². The van der Waals surface area contributed by atoms with Crippen LogP contribution in [0.15, 0.2) is 23.3 Å². The maximum Gasteiger partial charge on any atom is 0.328 e. The number of carboxylic acids is 1. The molecule has 1 fully saturated rings. The van der Waals surface area contributed by atoms with Crippen LogP contribution in [0.2, 0.25) is 0 Å². The number of fused-ring (bicyclic) bond motifs is 3. The first kappa shape index (κ1) is 21.1. The SMILES string of the molecule is CC(C)C1=CC2=CC[C@@H]3[C@](C)(CCC[C@@]3(C)C(=O)N[C@@H](CO)C(=O)O)[C@H]2CC1. The molecule has 0 aromatic rings. The molecule has 5 nitrogen and oxygen atoms in total. The van der Waals surface area contributed by atoms with E-state index in [2.05, 4.69) is 38.2 Å². The average Bonchev–Trinajstić information content (AvgIpc) is 2.64. The normalized spacial score (nSPS) is 35.9. The van der Waals surface area contributed by atoms with Crippen LogP contribution in [0.5, 0.6) is 0 Å². The topological polar surface area (TPSA) is 86.6 Å². The van der Waals surface area contributed by atoms with Crippen molar-refractivity contribution in [3.05, 3.63) is 23.3 Å². The van der Waals surface area contributed by atoms with Crippen LogP contribution in [0.1, 0.15) is 66.2 Å². The minimum atomic E-state index is -1.24. The lowest BCUT2D eigenvalue weighted by Crippen LogP contribution is -2.58. The van der Waals surface area contributed by atoms with Crippen molar-refractivity contribution in [2.24, 2.45) is 28.6 Å². The van der Waals surface area contributed by atoms with Crippen LogP contribution < -0.4 is 5.32 Å². The molecule has 0 heterocycles. The molecule has 0 aliphatic heterocycles. The van der Waals surface area contributed by atoms with Crippen molar-refractivity contribution >= 4 is 11.9 Å². The first-order valence-corrected chi connectivity index (χ1v) is 10.7. The number of aliphatic hydroxyl groups is 1. The molecule has 3 aliphatic rings. The largest absolute Gasteiger partial charge is 0.480 e. The number of carbonyl (C=O) groups excluding carboxylic acids is 1. The lowest BCUT2D eigenvalue weighted by Gasteiger charge is -2.57. The van der Waals surface area contributed by atoms with E-state index in [1.807, 2.05) is 6.92 Å². The number of rotatable bonds is 5. The molecule has 1 amide bonds. The number of aliphatic carboxylic acids is 1. The second-order valence-electron chi connectivity index (χ2n) is 9.78. The van der Waals surface area contributed by atoms with Crippen molar-refractivity contribution in [3.8, 4) is 0 Å². The van der Waals surface area contributed by atoms with Gasteiger partial charge in [0.2, 0.25) is 5.91 Å². The zero-order valence-corrected chi connectivity index (χ0v) is 17.6. The zero-order chi connectivity index (χ0) is 20.7. The highest BCUT2D eigenvalue weighted by atomic mass is 16.4. The molecule has 3 aliphatic carbocycles. The van der Waals surface area contributed by atoms with E-state index in [9.17, 15) is 19.8 Å². The number of carbonyl (C=O) groups is 2.